The van der Waals surface area contributed by atoms with Gasteiger partial charge in [0.05, 0.1) is 5.56 Å². The SMILES string of the molecule is Cc1ccc(CNC(=O)c2cc(C)n(C)c2C)cc1. The minimum Gasteiger partial charge on any atom is -0.351 e. The van der Waals surface area contributed by atoms with Gasteiger partial charge in [0.15, 0.2) is 0 Å². The van der Waals surface area contributed by atoms with E-state index in [4.69, 9.17) is 0 Å². The fourth-order valence-electron chi connectivity index (χ4n) is 2.07. The van der Waals surface area contributed by atoms with E-state index in [9.17, 15) is 4.79 Å². The van der Waals surface area contributed by atoms with E-state index in [2.05, 4.69) is 24.4 Å². The van der Waals surface area contributed by atoms with Gasteiger partial charge >= 0.3 is 0 Å². The van der Waals surface area contributed by atoms with E-state index in [1.807, 2.05) is 43.7 Å². The summed E-state index contributed by atoms with van der Waals surface area (Å²) in [7, 11) is 1.97. The Balaban J connectivity index is 2.05. The Kier molecular flexibility index (Phi) is 3.74. The average Bonchev–Trinajstić information content (AvgIpc) is 2.65. The van der Waals surface area contributed by atoms with Gasteiger partial charge in [-0.3, -0.25) is 4.79 Å². The number of amides is 1. The largest absolute Gasteiger partial charge is 0.351 e. The molecule has 1 aromatic heterocycles. The van der Waals surface area contributed by atoms with Crippen molar-refractivity contribution in [1.29, 1.82) is 0 Å². The molecular weight excluding hydrogens is 236 g/mol. The second-order valence-corrected chi connectivity index (χ2v) is 5.01. The van der Waals surface area contributed by atoms with E-state index in [1.165, 1.54) is 5.56 Å². The van der Waals surface area contributed by atoms with Crippen LogP contribution < -0.4 is 5.32 Å². The van der Waals surface area contributed by atoms with Crippen molar-refractivity contribution in [2.45, 2.75) is 27.3 Å². The fraction of sp³-hybridized carbons (Fsp3) is 0.312. The molecule has 0 spiro atoms. The van der Waals surface area contributed by atoms with Crippen molar-refractivity contribution >= 4 is 5.91 Å². The Bertz CT molecular complexity index is 594. The highest BCUT2D eigenvalue weighted by atomic mass is 16.1. The van der Waals surface area contributed by atoms with Crippen LogP contribution in [0.3, 0.4) is 0 Å². The van der Waals surface area contributed by atoms with Crippen molar-refractivity contribution in [3.8, 4) is 0 Å². The molecule has 1 heterocycles. The maximum Gasteiger partial charge on any atom is 0.253 e. The van der Waals surface area contributed by atoms with Gasteiger partial charge in [-0.25, -0.2) is 0 Å². The number of carbonyl (C=O) groups excluding carboxylic acids is 1. The first-order chi connectivity index (χ1) is 8.99. The van der Waals surface area contributed by atoms with Crippen molar-refractivity contribution in [2.75, 3.05) is 0 Å². The average molecular weight is 256 g/mol. The molecule has 3 heteroatoms. The monoisotopic (exact) mass is 256 g/mol. The molecule has 0 bridgehead atoms. The predicted molar refractivity (Wildman–Crippen MR) is 77.2 cm³/mol. The smallest absolute Gasteiger partial charge is 0.253 e. The highest BCUT2D eigenvalue weighted by Crippen LogP contribution is 2.13. The van der Waals surface area contributed by atoms with Crippen LogP contribution in [0.1, 0.15) is 32.9 Å². The number of carbonyl (C=O) groups is 1. The Labute approximate surface area is 114 Å². The molecule has 0 radical (unpaired) electrons. The lowest BCUT2D eigenvalue weighted by Crippen LogP contribution is -2.23. The Hall–Kier alpha value is -2.03. The Morgan fingerprint density at radius 3 is 2.32 bits per heavy atom. The normalized spacial score (nSPS) is 10.5. The zero-order valence-electron chi connectivity index (χ0n) is 11.9. The highest BCUT2D eigenvalue weighted by Gasteiger charge is 2.13. The van der Waals surface area contributed by atoms with Gasteiger partial charge in [-0.2, -0.15) is 0 Å². The summed E-state index contributed by atoms with van der Waals surface area (Å²) < 4.78 is 2.03. The van der Waals surface area contributed by atoms with Crippen molar-refractivity contribution in [2.24, 2.45) is 7.05 Å². The van der Waals surface area contributed by atoms with E-state index < -0.39 is 0 Å². The Morgan fingerprint density at radius 1 is 1.16 bits per heavy atom. The van der Waals surface area contributed by atoms with Crippen LogP contribution in [0, 0.1) is 20.8 Å². The molecular formula is C16H20N2O. The van der Waals surface area contributed by atoms with Gasteiger partial charge in [-0.1, -0.05) is 29.8 Å². The molecule has 0 aliphatic heterocycles. The predicted octanol–water partition coefficient (Wildman–Crippen LogP) is 2.88. The molecule has 0 unspecified atom stereocenters. The number of hydrogen-bond acceptors (Lipinski definition) is 1. The molecule has 0 saturated heterocycles. The molecule has 1 aromatic carbocycles. The van der Waals surface area contributed by atoms with E-state index in [-0.39, 0.29) is 5.91 Å². The van der Waals surface area contributed by atoms with E-state index in [1.54, 1.807) is 0 Å². The third-order valence-electron chi connectivity index (χ3n) is 3.59. The first kappa shape index (κ1) is 13.4. The minimum atomic E-state index is -0.0122. The molecule has 0 saturated carbocycles. The summed E-state index contributed by atoms with van der Waals surface area (Å²) in [5.41, 5.74) is 5.19. The zero-order chi connectivity index (χ0) is 14.0. The lowest BCUT2D eigenvalue weighted by atomic mass is 10.1. The summed E-state index contributed by atoms with van der Waals surface area (Å²) in [5.74, 6) is -0.0122. The number of aryl methyl sites for hydroxylation is 2. The van der Waals surface area contributed by atoms with E-state index >= 15 is 0 Å². The summed E-state index contributed by atoms with van der Waals surface area (Å²) in [6.07, 6.45) is 0. The van der Waals surface area contributed by atoms with Crippen LogP contribution in [0.15, 0.2) is 30.3 Å². The molecule has 1 N–H and O–H groups in total. The summed E-state index contributed by atoms with van der Waals surface area (Å²) in [6, 6.07) is 10.1. The second-order valence-electron chi connectivity index (χ2n) is 5.01. The van der Waals surface area contributed by atoms with Gasteiger partial charge in [0.25, 0.3) is 5.91 Å². The van der Waals surface area contributed by atoms with Crippen LogP contribution in [-0.4, -0.2) is 10.5 Å². The minimum absolute atomic E-state index is 0.0122. The quantitative estimate of drug-likeness (QED) is 0.900. The van der Waals surface area contributed by atoms with Crippen molar-refractivity contribution in [3.63, 3.8) is 0 Å². The van der Waals surface area contributed by atoms with Gasteiger partial charge in [-0.05, 0) is 32.4 Å². The third-order valence-corrected chi connectivity index (χ3v) is 3.59. The highest BCUT2D eigenvalue weighted by molar-refractivity contribution is 5.95. The van der Waals surface area contributed by atoms with Crippen LogP contribution in [0.2, 0.25) is 0 Å². The first-order valence-electron chi connectivity index (χ1n) is 6.45. The third kappa shape index (κ3) is 2.87. The van der Waals surface area contributed by atoms with Crippen LogP contribution in [-0.2, 0) is 13.6 Å². The van der Waals surface area contributed by atoms with Crippen LogP contribution >= 0.6 is 0 Å². The topological polar surface area (TPSA) is 34.0 Å². The lowest BCUT2D eigenvalue weighted by molar-refractivity contribution is 0.0950. The number of nitrogens with one attached hydrogen (secondary N) is 1. The standard InChI is InChI=1S/C16H20N2O/c1-11-5-7-14(8-6-11)10-17-16(19)15-9-12(2)18(4)13(15)3/h5-9H,10H2,1-4H3,(H,17,19). The molecule has 0 atom stereocenters. The maximum atomic E-state index is 12.1. The van der Waals surface area contributed by atoms with Gasteiger partial charge in [0.2, 0.25) is 0 Å². The van der Waals surface area contributed by atoms with Crippen LogP contribution in [0.4, 0.5) is 0 Å². The summed E-state index contributed by atoms with van der Waals surface area (Å²) in [4.78, 5) is 12.1. The number of nitrogens with zero attached hydrogens (tertiary/aromatic N) is 1. The summed E-state index contributed by atoms with van der Waals surface area (Å²) in [6.45, 7) is 6.59. The molecule has 0 fully saturated rings. The summed E-state index contributed by atoms with van der Waals surface area (Å²) in [5, 5.41) is 2.96. The number of aromatic nitrogens is 1. The zero-order valence-corrected chi connectivity index (χ0v) is 11.9. The molecule has 3 nitrogen and oxygen atoms in total. The molecule has 2 rings (SSSR count). The van der Waals surface area contributed by atoms with Gasteiger partial charge in [-0.15, -0.1) is 0 Å². The van der Waals surface area contributed by atoms with Crippen molar-refractivity contribution in [3.05, 3.63) is 58.4 Å². The molecule has 1 amide bonds. The van der Waals surface area contributed by atoms with Gasteiger partial charge in [0, 0.05) is 25.0 Å². The van der Waals surface area contributed by atoms with E-state index in [0.29, 0.717) is 6.54 Å². The van der Waals surface area contributed by atoms with Crippen molar-refractivity contribution in [1.82, 2.24) is 9.88 Å². The number of hydrogen-bond donors (Lipinski definition) is 1. The Morgan fingerprint density at radius 2 is 1.79 bits per heavy atom. The van der Waals surface area contributed by atoms with Gasteiger partial charge < -0.3 is 9.88 Å². The lowest BCUT2D eigenvalue weighted by Gasteiger charge is -2.06. The molecule has 2 aromatic rings. The second kappa shape index (κ2) is 5.31. The molecule has 19 heavy (non-hydrogen) atoms. The van der Waals surface area contributed by atoms with Gasteiger partial charge in [0.1, 0.15) is 0 Å². The van der Waals surface area contributed by atoms with Crippen LogP contribution in [0.5, 0.6) is 0 Å². The maximum absolute atomic E-state index is 12.1. The summed E-state index contributed by atoms with van der Waals surface area (Å²) >= 11 is 0. The van der Waals surface area contributed by atoms with E-state index in [0.717, 1.165) is 22.5 Å². The first-order valence-corrected chi connectivity index (χ1v) is 6.45. The molecule has 0 aliphatic carbocycles. The fourth-order valence-corrected chi connectivity index (χ4v) is 2.07. The van der Waals surface area contributed by atoms with Crippen LogP contribution in [0.25, 0.3) is 0 Å². The molecule has 0 aliphatic rings. The number of rotatable bonds is 3. The van der Waals surface area contributed by atoms with Crippen molar-refractivity contribution < 1.29 is 4.79 Å². The number of benzene rings is 1. The molecule has 100 valence electrons.